The number of halogens is 1. The van der Waals surface area contributed by atoms with E-state index in [1.165, 1.54) is 7.11 Å². The smallest absolute Gasteiger partial charge is 0.310 e. The van der Waals surface area contributed by atoms with Crippen LogP contribution in [0.5, 0.6) is 0 Å². The standard InChI is InChI=1S/C17H24ClNO3/c1-12(2)9-16(20)19(10-13(3)17(21)22-4)11-14-7-5-6-8-15(14)18/h5-8,12-13H,9-11H2,1-4H3. The number of methoxy groups -OCH3 is 1. The van der Waals surface area contributed by atoms with E-state index < -0.39 is 0 Å². The van der Waals surface area contributed by atoms with E-state index >= 15 is 0 Å². The zero-order chi connectivity index (χ0) is 16.7. The van der Waals surface area contributed by atoms with Gasteiger partial charge >= 0.3 is 5.97 Å². The number of esters is 1. The molecule has 0 aliphatic carbocycles. The Morgan fingerprint density at radius 3 is 2.41 bits per heavy atom. The first kappa shape index (κ1) is 18.5. The summed E-state index contributed by atoms with van der Waals surface area (Å²) in [5.41, 5.74) is 0.873. The summed E-state index contributed by atoms with van der Waals surface area (Å²) < 4.78 is 4.74. The van der Waals surface area contributed by atoms with Crippen molar-refractivity contribution in [2.75, 3.05) is 13.7 Å². The lowest BCUT2D eigenvalue weighted by Crippen LogP contribution is -2.37. The van der Waals surface area contributed by atoms with E-state index in [1.807, 2.05) is 32.0 Å². The summed E-state index contributed by atoms with van der Waals surface area (Å²) in [7, 11) is 1.35. The van der Waals surface area contributed by atoms with E-state index in [0.29, 0.717) is 24.5 Å². The van der Waals surface area contributed by atoms with Gasteiger partial charge in [0, 0.05) is 24.5 Å². The molecule has 0 radical (unpaired) electrons. The fourth-order valence-corrected chi connectivity index (χ4v) is 2.37. The van der Waals surface area contributed by atoms with Crippen molar-refractivity contribution in [3.8, 4) is 0 Å². The van der Waals surface area contributed by atoms with Crippen molar-refractivity contribution < 1.29 is 14.3 Å². The molecule has 1 atom stereocenters. The molecule has 1 rings (SSSR count). The molecule has 0 aliphatic rings. The van der Waals surface area contributed by atoms with Crippen molar-refractivity contribution in [2.24, 2.45) is 11.8 Å². The molecule has 0 heterocycles. The Labute approximate surface area is 137 Å². The molecule has 4 nitrogen and oxygen atoms in total. The number of hydrogen-bond donors (Lipinski definition) is 0. The molecular formula is C17H24ClNO3. The van der Waals surface area contributed by atoms with Gasteiger partial charge in [-0.15, -0.1) is 0 Å². The number of benzene rings is 1. The zero-order valence-electron chi connectivity index (χ0n) is 13.6. The highest BCUT2D eigenvalue weighted by atomic mass is 35.5. The summed E-state index contributed by atoms with van der Waals surface area (Å²) >= 11 is 6.18. The average Bonchev–Trinajstić information content (AvgIpc) is 2.46. The minimum Gasteiger partial charge on any atom is -0.469 e. The predicted molar refractivity (Wildman–Crippen MR) is 87.5 cm³/mol. The Bertz CT molecular complexity index is 516. The number of nitrogens with zero attached hydrogens (tertiary/aromatic N) is 1. The highest BCUT2D eigenvalue weighted by Gasteiger charge is 2.22. The second kappa shape index (κ2) is 8.79. The van der Waals surface area contributed by atoms with Crippen molar-refractivity contribution >= 4 is 23.5 Å². The van der Waals surface area contributed by atoms with Crippen molar-refractivity contribution in [3.63, 3.8) is 0 Å². The lowest BCUT2D eigenvalue weighted by atomic mass is 10.1. The van der Waals surface area contributed by atoms with Crippen molar-refractivity contribution in [2.45, 2.75) is 33.7 Å². The van der Waals surface area contributed by atoms with Gasteiger partial charge in [0.05, 0.1) is 13.0 Å². The molecular weight excluding hydrogens is 302 g/mol. The number of rotatable bonds is 7. The topological polar surface area (TPSA) is 46.6 Å². The van der Waals surface area contributed by atoms with Crippen LogP contribution in [0.25, 0.3) is 0 Å². The molecule has 5 heteroatoms. The molecule has 1 aromatic carbocycles. The van der Waals surface area contributed by atoms with Gasteiger partial charge < -0.3 is 9.64 Å². The van der Waals surface area contributed by atoms with Crippen molar-refractivity contribution in [1.29, 1.82) is 0 Å². The van der Waals surface area contributed by atoms with Gasteiger partial charge in [0.25, 0.3) is 0 Å². The molecule has 0 N–H and O–H groups in total. The van der Waals surface area contributed by atoms with Gasteiger partial charge in [0.15, 0.2) is 0 Å². The average molecular weight is 326 g/mol. The van der Waals surface area contributed by atoms with Gasteiger partial charge in [-0.1, -0.05) is 50.6 Å². The predicted octanol–water partition coefficient (Wildman–Crippen LogP) is 3.52. The highest BCUT2D eigenvalue weighted by Crippen LogP contribution is 2.19. The largest absolute Gasteiger partial charge is 0.469 e. The summed E-state index contributed by atoms with van der Waals surface area (Å²) in [5.74, 6) is -0.412. The normalized spacial score (nSPS) is 12.1. The molecule has 122 valence electrons. The molecule has 0 bridgehead atoms. The quantitative estimate of drug-likeness (QED) is 0.720. The summed E-state index contributed by atoms with van der Waals surface area (Å²) in [5, 5.41) is 0.621. The Kier molecular flexibility index (Phi) is 7.39. The molecule has 22 heavy (non-hydrogen) atoms. The van der Waals surface area contributed by atoms with Gasteiger partial charge in [0.2, 0.25) is 5.91 Å². The Morgan fingerprint density at radius 2 is 1.86 bits per heavy atom. The monoisotopic (exact) mass is 325 g/mol. The fourth-order valence-electron chi connectivity index (χ4n) is 2.17. The van der Waals surface area contributed by atoms with Crippen molar-refractivity contribution in [1.82, 2.24) is 4.90 Å². The van der Waals surface area contributed by atoms with Crippen LogP contribution in [-0.2, 0) is 20.9 Å². The van der Waals surface area contributed by atoms with E-state index in [1.54, 1.807) is 17.9 Å². The maximum atomic E-state index is 12.4. The first-order valence-corrected chi connectivity index (χ1v) is 7.82. The number of hydrogen-bond acceptors (Lipinski definition) is 3. The molecule has 0 aliphatic heterocycles. The molecule has 0 saturated heterocycles. The van der Waals surface area contributed by atoms with Crippen LogP contribution in [-0.4, -0.2) is 30.4 Å². The number of carbonyl (C=O) groups is 2. The lowest BCUT2D eigenvalue weighted by Gasteiger charge is -2.26. The van der Waals surface area contributed by atoms with Crippen LogP contribution < -0.4 is 0 Å². The molecule has 1 unspecified atom stereocenters. The third-order valence-electron chi connectivity index (χ3n) is 3.35. The third-order valence-corrected chi connectivity index (χ3v) is 3.72. The fraction of sp³-hybridized carbons (Fsp3) is 0.529. The Morgan fingerprint density at radius 1 is 1.23 bits per heavy atom. The Balaban J connectivity index is 2.88. The van der Waals surface area contributed by atoms with E-state index in [-0.39, 0.29) is 23.7 Å². The molecule has 0 aromatic heterocycles. The van der Waals surface area contributed by atoms with Gasteiger partial charge in [-0.05, 0) is 17.5 Å². The Hall–Kier alpha value is -1.55. The summed E-state index contributed by atoms with van der Waals surface area (Å²) in [6.45, 7) is 6.47. The van der Waals surface area contributed by atoms with Crippen LogP contribution in [0.15, 0.2) is 24.3 Å². The summed E-state index contributed by atoms with van der Waals surface area (Å²) in [6.07, 6.45) is 0.443. The molecule has 1 amide bonds. The number of amides is 1. The number of ether oxygens (including phenoxy) is 1. The van der Waals surface area contributed by atoms with Gasteiger partial charge in [-0.2, -0.15) is 0 Å². The SMILES string of the molecule is COC(=O)C(C)CN(Cc1ccccc1Cl)C(=O)CC(C)C. The molecule has 0 fully saturated rings. The minimum atomic E-state index is -0.372. The highest BCUT2D eigenvalue weighted by molar-refractivity contribution is 6.31. The van der Waals surface area contributed by atoms with Crippen LogP contribution in [0.2, 0.25) is 5.02 Å². The van der Waals surface area contributed by atoms with Crippen molar-refractivity contribution in [3.05, 3.63) is 34.9 Å². The van der Waals surface area contributed by atoms with Crippen LogP contribution in [0.1, 0.15) is 32.8 Å². The minimum absolute atomic E-state index is 0.0191. The van der Waals surface area contributed by atoms with Crippen LogP contribution in [0, 0.1) is 11.8 Å². The molecule has 1 aromatic rings. The molecule has 0 spiro atoms. The van der Waals surface area contributed by atoms with E-state index in [2.05, 4.69) is 0 Å². The summed E-state index contributed by atoms with van der Waals surface area (Å²) in [6, 6.07) is 7.42. The van der Waals surface area contributed by atoms with E-state index in [0.717, 1.165) is 5.56 Å². The molecule has 0 saturated carbocycles. The van der Waals surface area contributed by atoms with Gasteiger partial charge in [-0.3, -0.25) is 9.59 Å². The van der Waals surface area contributed by atoms with Crippen LogP contribution in [0.4, 0.5) is 0 Å². The van der Waals surface area contributed by atoms with Gasteiger partial charge in [0.1, 0.15) is 0 Å². The van der Waals surface area contributed by atoms with Gasteiger partial charge in [-0.25, -0.2) is 0 Å². The van der Waals surface area contributed by atoms with E-state index in [9.17, 15) is 9.59 Å². The zero-order valence-corrected chi connectivity index (χ0v) is 14.4. The maximum Gasteiger partial charge on any atom is 0.310 e. The summed E-state index contributed by atoms with van der Waals surface area (Å²) in [4.78, 5) is 25.8. The lowest BCUT2D eigenvalue weighted by molar-refractivity contribution is -0.146. The van der Waals surface area contributed by atoms with Crippen LogP contribution in [0.3, 0.4) is 0 Å². The second-order valence-electron chi connectivity index (χ2n) is 5.89. The maximum absolute atomic E-state index is 12.4. The first-order valence-electron chi connectivity index (χ1n) is 7.44. The number of carbonyl (C=O) groups excluding carboxylic acids is 2. The third kappa shape index (κ3) is 5.68. The van der Waals surface area contributed by atoms with E-state index in [4.69, 9.17) is 16.3 Å². The second-order valence-corrected chi connectivity index (χ2v) is 6.30. The van der Waals surface area contributed by atoms with Crippen LogP contribution >= 0.6 is 11.6 Å². The first-order chi connectivity index (χ1) is 10.3.